The molecule has 0 aromatic carbocycles. The minimum Gasteiger partial charge on any atom is -0.390 e. The van der Waals surface area contributed by atoms with Crippen LogP contribution < -0.4 is 10.6 Å². The first kappa shape index (κ1) is 24.3. The first-order chi connectivity index (χ1) is 16.4. The second-order valence-corrected chi connectivity index (χ2v) is 11.5. The molecule has 2 fully saturated rings. The molecule has 3 aromatic rings. The van der Waals surface area contributed by atoms with Crippen molar-refractivity contribution in [1.82, 2.24) is 19.9 Å². The van der Waals surface area contributed by atoms with Crippen LogP contribution in [0.2, 0.25) is 0 Å². The molecule has 35 heavy (non-hydrogen) atoms. The summed E-state index contributed by atoms with van der Waals surface area (Å²) in [5, 5.41) is 49.3. The zero-order valence-corrected chi connectivity index (χ0v) is 21.1. The van der Waals surface area contributed by atoms with Crippen molar-refractivity contribution in [2.75, 3.05) is 17.2 Å². The number of hydrogen-bond donors (Lipinski definition) is 6. The second kappa shape index (κ2) is 8.59. The predicted octanol–water partition coefficient (Wildman–Crippen LogP) is 2.00. The lowest BCUT2D eigenvalue weighted by atomic mass is 9.88. The average molecular weight is 501 g/mol. The van der Waals surface area contributed by atoms with Crippen LogP contribution in [0.15, 0.2) is 12.3 Å². The van der Waals surface area contributed by atoms with Crippen LogP contribution >= 0.6 is 11.3 Å². The molecule has 6 N–H and O–H groups in total. The summed E-state index contributed by atoms with van der Waals surface area (Å²) in [7, 11) is 0. The summed E-state index contributed by atoms with van der Waals surface area (Å²) < 4.78 is 0.995. The van der Waals surface area contributed by atoms with Crippen molar-refractivity contribution in [3.05, 3.63) is 23.7 Å². The van der Waals surface area contributed by atoms with Gasteiger partial charge in [-0.05, 0) is 53.0 Å². The fourth-order valence-corrected chi connectivity index (χ4v) is 5.83. The number of nitrogens with zero attached hydrogens (tertiary/aromatic N) is 4. The number of aryl methyl sites for hydroxylation is 2. The monoisotopic (exact) mass is 500 g/mol. The molecule has 1 unspecified atom stereocenters. The van der Waals surface area contributed by atoms with Crippen molar-refractivity contribution < 1.29 is 20.4 Å². The van der Waals surface area contributed by atoms with Crippen LogP contribution in [0.1, 0.15) is 44.5 Å². The minimum atomic E-state index is -1.15. The van der Waals surface area contributed by atoms with Gasteiger partial charge in [0.2, 0.25) is 5.95 Å². The van der Waals surface area contributed by atoms with Gasteiger partial charge in [-0.3, -0.25) is 4.98 Å². The van der Waals surface area contributed by atoms with Gasteiger partial charge in [0.25, 0.3) is 0 Å². The molecule has 2 aliphatic carbocycles. The van der Waals surface area contributed by atoms with Crippen LogP contribution in [0.25, 0.3) is 20.8 Å². The lowest BCUT2D eigenvalue weighted by molar-refractivity contribution is -0.0601. The highest BCUT2D eigenvalue weighted by atomic mass is 32.1. The van der Waals surface area contributed by atoms with Crippen LogP contribution in [0.5, 0.6) is 0 Å². The number of aliphatic hydroxyl groups excluding tert-OH is 2. The average Bonchev–Trinajstić information content (AvgIpc) is 3.24. The molecule has 188 valence electrons. The fourth-order valence-electron chi connectivity index (χ4n) is 4.72. The van der Waals surface area contributed by atoms with Gasteiger partial charge in [-0.25, -0.2) is 9.97 Å². The Bertz CT molecular complexity index is 1250. The van der Waals surface area contributed by atoms with Crippen molar-refractivity contribution in [2.45, 2.75) is 76.4 Å². The third-order valence-electron chi connectivity index (χ3n) is 7.11. The Morgan fingerprint density at radius 3 is 2.49 bits per heavy atom. The van der Waals surface area contributed by atoms with E-state index in [9.17, 15) is 20.4 Å². The van der Waals surface area contributed by atoms with Crippen LogP contribution in [0.3, 0.4) is 0 Å². The summed E-state index contributed by atoms with van der Waals surface area (Å²) in [6.07, 6.45) is 1.44. The van der Waals surface area contributed by atoms with Gasteiger partial charge >= 0.3 is 0 Å². The van der Waals surface area contributed by atoms with Crippen molar-refractivity contribution in [3.8, 4) is 10.6 Å². The molecule has 4 atom stereocenters. The molecule has 0 spiro atoms. The molecule has 11 heteroatoms. The number of anilines is 2. The van der Waals surface area contributed by atoms with Crippen LogP contribution in [0, 0.1) is 19.8 Å². The molecule has 3 aromatic heterocycles. The van der Waals surface area contributed by atoms with Crippen LogP contribution in [-0.2, 0) is 0 Å². The van der Waals surface area contributed by atoms with Gasteiger partial charge in [0.15, 0.2) is 0 Å². The fraction of sp³-hybridized carbons (Fsp3) is 0.583. The molecule has 0 radical (unpaired) electrons. The highest BCUT2D eigenvalue weighted by Gasteiger charge is 2.48. The molecule has 2 saturated carbocycles. The highest BCUT2D eigenvalue weighted by Crippen LogP contribution is 2.40. The summed E-state index contributed by atoms with van der Waals surface area (Å²) in [4.78, 5) is 18.5. The lowest BCUT2D eigenvalue weighted by Crippen LogP contribution is -2.40. The number of pyridine rings is 1. The van der Waals surface area contributed by atoms with Gasteiger partial charge in [-0.15, -0.1) is 11.3 Å². The number of rotatable bonds is 7. The largest absolute Gasteiger partial charge is 0.390 e. The van der Waals surface area contributed by atoms with E-state index in [1.807, 2.05) is 19.9 Å². The lowest BCUT2D eigenvalue weighted by Gasteiger charge is -2.28. The van der Waals surface area contributed by atoms with Crippen molar-refractivity contribution in [1.29, 1.82) is 0 Å². The maximum absolute atomic E-state index is 10.8. The Labute approximate surface area is 207 Å². The number of fused-ring (bicyclic) bond motifs is 1. The van der Waals surface area contributed by atoms with Gasteiger partial charge in [-0.2, -0.15) is 4.98 Å². The first-order valence-electron chi connectivity index (χ1n) is 11.9. The minimum absolute atomic E-state index is 0.350. The Morgan fingerprint density at radius 2 is 1.86 bits per heavy atom. The van der Waals surface area contributed by atoms with Gasteiger partial charge in [-0.1, -0.05) is 0 Å². The molecule has 2 aliphatic rings. The van der Waals surface area contributed by atoms with Gasteiger partial charge in [0, 0.05) is 18.7 Å². The van der Waals surface area contributed by atoms with Crippen molar-refractivity contribution in [3.63, 3.8) is 0 Å². The Hall–Kier alpha value is -2.44. The normalized spacial score (nSPS) is 25.7. The maximum atomic E-state index is 10.8. The Balaban J connectivity index is 1.53. The zero-order valence-electron chi connectivity index (χ0n) is 20.3. The summed E-state index contributed by atoms with van der Waals surface area (Å²) in [5.74, 6) is 0.333. The van der Waals surface area contributed by atoms with Crippen LogP contribution in [-0.4, -0.2) is 76.4 Å². The van der Waals surface area contributed by atoms with Crippen molar-refractivity contribution in [2.24, 2.45) is 5.92 Å². The molecule has 0 amide bonds. The highest BCUT2D eigenvalue weighted by molar-refractivity contribution is 7.21. The van der Waals surface area contributed by atoms with E-state index in [1.165, 1.54) is 11.3 Å². The SMILES string of the molecule is Cc1nc(NCC2(O)CC2)nc(NC2C[C@H](C(C)(C)O)[C@@H](O)[C@H]2O)c1-c1nc2c(C)nccc2s1. The molecule has 0 bridgehead atoms. The summed E-state index contributed by atoms with van der Waals surface area (Å²) in [6, 6.07) is 1.39. The standard InChI is InChI=1S/C24H32N6O4S/c1-11-16(21-29-17-12(2)25-8-5-15(17)35-21)20(30-22(27-11)26-10-24(34)6-7-24)28-14-9-13(23(3,4)33)18(31)19(14)32/h5,8,13-14,18-19,31-34H,6-7,9-10H2,1-4H3,(H2,26,27,28,30)/t13-,14?,18+,19-/m0/s1. The summed E-state index contributed by atoms with van der Waals surface area (Å²) in [6.45, 7) is 7.41. The third-order valence-corrected chi connectivity index (χ3v) is 8.15. The smallest absolute Gasteiger partial charge is 0.225 e. The van der Waals surface area contributed by atoms with E-state index in [2.05, 4.69) is 20.6 Å². The first-order valence-corrected chi connectivity index (χ1v) is 12.7. The second-order valence-electron chi connectivity index (χ2n) is 10.4. The molecule has 3 heterocycles. The molecule has 0 aliphatic heterocycles. The van der Waals surface area contributed by atoms with E-state index in [0.29, 0.717) is 36.0 Å². The number of nitrogens with one attached hydrogen (secondary N) is 2. The third kappa shape index (κ3) is 4.70. The van der Waals surface area contributed by atoms with E-state index in [-0.39, 0.29) is 0 Å². The summed E-state index contributed by atoms with van der Waals surface area (Å²) in [5.41, 5.74) is 1.17. The van der Waals surface area contributed by atoms with Gasteiger partial charge in [0.05, 0.1) is 45.0 Å². The van der Waals surface area contributed by atoms with Gasteiger partial charge < -0.3 is 31.1 Å². The number of hydrogen-bond acceptors (Lipinski definition) is 11. The molecular formula is C24H32N6O4S. The van der Waals surface area contributed by atoms with E-state index in [4.69, 9.17) is 9.97 Å². The summed E-state index contributed by atoms with van der Waals surface area (Å²) >= 11 is 1.51. The molecular weight excluding hydrogens is 468 g/mol. The Kier molecular flexibility index (Phi) is 5.96. The van der Waals surface area contributed by atoms with Crippen LogP contribution in [0.4, 0.5) is 11.8 Å². The molecule has 0 saturated heterocycles. The predicted molar refractivity (Wildman–Crippen MR) is 134 cm³/mol. The molecule has 5 rings (SSSR count). The topological polar surface area (TPSA) is 157 Å². The molecule has 10 nitrogen and oxygen atoms in total. The quantitative estimate of drug-likeness (QED) is 0.283. The van der Waals surface area contributed by atoms with E-state index in [0.717, 1.165) is 33.8 Å². The van der Waals surface area contributed by atoms with E-state index >= 15 is 0 Å². The van der Waals surface area contributed by atoms with E-state index < -0.39 is 35.4 Å². The zero-order chi connectivity index (χ0) is 25.1. The van der Waals surface area contributed by atoms with Gasteiger partial charge in [0.1, 0.15) is 22.4 Å². The number of thiazole rings is 1. The Morgan fingerprint density at radius 1 is 1.11 bits per heavy atom. The van der Waals surface area contributed by atoms with E-state index in [1.54, 1.807) is 20.0 Å². The number of aliphatic hydroxyl groups is 4. The number of aromatic nitrogens is 4. The van der Waals surface area contributed by atoms with Crippen molar-refractivity contribution >= 4 is 33.3 Å². The maximum Gasteiger partial charge on any atom is 0.225 e.